The highest BCUT2D eigenvalue weighted by Crippen LogP contribution is 2.38. The molecule has 1 aromatic carbocycles. The SMILES string of the molecule is ClC1CCCCC(c2cccc3ccsc23)C1. The van der Waals surface area contributed by atoms with E-state index >= 15 is 0 Å². The molecule has 0 bridgehead atoms. The van der Waals surface area contributed by atoms with E-state index in [4.69, 9.17) is 11.6 Å². The maximum Gasteiger partial charge on any atom is 0.0377 e. The number of rotatable bonds is 1. The van der Waals surface area contributed by atoms with Gasteiger partial charge >= 0.3 is 0 Å². The molecule has 3 rings (SSSR count). The predicted molar refractivity (Wildman–Crippen MR) is 77.3 cm³/mol. The minimum atomic E-state index is 0.373. The van der Waals surface area contributed by atoms with Gasteiger partial charge in [0.05, 0.1) is 0 Å². The number of benzene rings is 1. The summed E-state index contributed by atoms with van der Waals surface area (Å²) in [6, 6.07) is 8.93. The maximum absolute atomic E-state index is 6.39. The first-order valence-electron chi connectivity index (χ1n) is 6.45. The van der Waals surface area contributed by atoms with Gasteiger partial charge in [-0.25, -0.2) is 0 Å². The standard InChI is InChI=1S/C15H17ClS/c16-13-6-2-1-4-12(10-13)14-7-3-5-11-8-9-17-15(11)14/h3,5,7-9,12-13H,1-2,4,6,10H2. The molecule has 1 fully saturated rings. The smallest absolute Gasteiger partial charge is 0.0377 e. The monoisotopic (exact) mass is 264 g/mol. The van der Waals surface area contributed by atoms with Crippen LogP contribution in [0.1, 0.15) is 43.6 Å². The van der Waals surface area contributed by atoms with Crippen LogP contribution in [-0.4, -0.2) is 5.38 Å². The zero-order valence-corrected chi connectivity index (χ0v) is 11.4. The second kappa shape index (κ2) is 4.99. The summed E-state index contributed by atoms with van der Waals surface area (Å²) in [6.45, 7) is 0. The van der Waals surface area contributed by atoms with Gasteiger partial charge in [-0.2, -0.15) is 0 Å². The summed E-state index contributed by atoms with van der Waals surface area (Å²) < 4.78 is 1.48. The van der Waals surface area contributed by atoms with Crippen LogP contribution >= 0.6 is 22.9 Å². The highest BCUT2D eigenvalue weighted by atomic mass is 35.5. The van der Waals surface area contributed by atoms with Crippen molar-refractivity contribution >= 4 is 33.0 Å². The summed E-state index contributed by atoms with van der Waals surface area (Å²) >= 11 is 8.27. The van der Waals surface area contributed by atoms with Crippen LogP contribution in [0.5, 0.6) is 0 Å². The second-order valence-electron chi connectivity index (χ2n) is 5.00. The molecular weight excluding hydrogens is 248 g/mol. The molecule has 0 aliphatic heterocycles. The summed E-state index contributed by atoms with van der Waals surface area (Å²) in [6.07, 6.45) is 6.28. The molecule has 2 atom stereocenters. The molecule has 17 heavy (non-hydrogen) atoms. The van der Waals surface area contributed by atoms with E-state index in [1.54, 1.807) is 0 Å². The van der Waals surface area contributed by atoms with Crippen LogP contribution in [0.15, 0.2) is 29.6 Å². The van der Waals surface area contributed by atoms with Crippen LogP contribution in [0.3, 0.4) is 0 Å². The van der Waals surface area contributed by atoms with E-state index in [-0.39, 0.29) is 0 Å². The fraction of sp³-hybridized carbons (Fsp3) is 0.467. The molecule has 1 aliphatic rings. The number of fused-ring (bicyclic) bond motifs is 1. The molecule has 90 valence electrons. The molecule has 0 saturated heterocycles. The molecule has 0 amide bonds. The molecule has 2 heteroatoms. The molecule has 0 radical (unpaired) electrons. The van der Waals surface area contributed by atoms with Gasteiger partial charge < -0.3 is 0 Å². The Morgan fingerprint density at radius 3 is 2.94 bits per heavy atom. The van der Waals surface area contributed by atoms with E-state index in [0.29, 0.717) is 11.3 Å². The lowest BCUT2D eigenvalue weighted by molar-refractivity contribution is 0.600. The maximum atomic E-state index is 6.39. The Bertz CT molecular complexity index is 502. The molecule has 0 N–H and O–H groups in total. The van der Waals surface area contributed by atoms with Gasteiger partial charge in [0.15, 0.2) is 0 Å². The van der Waals surface area contributed by atoms with Crippen molar-refractivity contribution in [3.8, 4) is 0 Å². The molecule has 1 saturated carbocycles. The Labute approximate surface area is 112 Å². The van der Waals surface area contributed by atoms with E-state index in [1.165, 1.54) is 41.3 Å². The predicted octanol–water partition coefficient (Wildman–Crippen LogP) is 5.56. The fourth-order valence-corrected chi connectivity index (χ4v) is 4.28. The van der Waals surface area contributed by atoms with E-state index in [9.17, 15) is 0 Å². The lowest BCUT2D eigenvalue weighted by atomic mass is 9.91. The summed E-state index contributed by atoms with van der Waals surface area (Å²) in [4.78, 5) is 0. The first kappa shape index (κ1) is 11.6. The summed E-state index contributed by atoms with van der Waals surface area (Å²) in [5, 5.41) is 3.96. The van der Waals surface area contributed by atoms with Crippen molar-refractivity contribution in [1.29, 1.82) is 0 Å². The lowest BCUT2D eigenvalue weighted by Crippen LogP contribution is -2.04. The summed E-state index contributed by atoms with van der Waals surface area (Å²) in [5.74, 6) is 0.669. The van der Waals surface area contributed by atoms with Crippen LogP contribution < -0.4 is 0 Å². The first-order chi connectivity index (χ1) is 8.34. The molecule has 0 nitrogen and oxygen atoms in total. The van der Waals surface area contributed by atoms with E-state index in [2.05, 4.69) is 29.6 Å². The lowest BCUT2D eigenvalue weighted by Gasteiger charge is -2.17. The average Bonchev–Trinajstić information content (AvgIpc) is 2.71. The molecule has 1 aliphatic carbocycles. The highest BCUT2D eigenvalue weighted by Gasteiger charge is 2.21. The normalized spacial score (nSPS) is 25.9. The fourth-order valence-electron chi connectivity index (χ4n) is 2.92. The topological polar surface area (TPSA) is 0 Å². The third-order valence-electron chi connectivity index (χ3n) is 3.81. The van der Waals surface area contributed by atoms with Gasteiger partial charge in [0.25, 0.3) is 0 Å². The van der Waals surface area contributed by atoms with E-state index in [1.807, 2.05) is 11.3 Å². The molecule has 2 aromatic rings. The minimum Gasteiger partial charge on any atom is -0.144 e. The van der Waals surface area contributed by atoms with Crippen molar-refractivity contribution in [2.24, 2.45) is 0 Å². The molecule has 2 unspecified atom stereocenters. The number of alkyl halides is 1. The van der Waals surface area contributed by atoms with Gasteiger partial charge in [-0.15, -0.1) is 22.9 Å². The third-order valence-corrected chi connectivity index (χ3v) is 5.19. The molecule has 0 spiro atoms. The summed E-state index contributed by atoms with van der Waals surface area (Å²) in [7, 11) is 0. The largest absolute Gasteiger partial charge is 0.144 e. The Morgan fingerprint density at radius 2 is 2.00 bits per heavy atom. The van der Waals surface area contributed by atoms with Crippen molar-refractivity contribution < 1.29 is 0 Å². The molecular formula is C15H17ClS. The minimum absolute atomic E-state index is 0.373. The molecule has 1 heterocycles. The number of hydrogen-bond acceptors (Lipinski definition) is 1. The van der Waals surface area contributed by atoms with Gasteiger partial charge in [-0.05, 0) is 47.6 Å². The second-order valence-corrected chi connectivity index (χ2v) is 6.53. The Hall–Kier alpha value is -0.530. The summed E-state index contributed by atoms with van der Waals surface area (Å²) in [5.41, 5.74) is 1.53. The zero-order chi connectivity index (χ0) is 11.7. The van der Waals surface area contributed by atoms with Crippen molar-refractivity contribution in [3.05, 3.63) is 35.2 Å². The van der Waals surface area contributed by atoms with Crippen LogP contribution in [-0.2, 0) is 0 Å². The average molecular weight is 265 g/mol. The van der Waals surface area contributed by atoms with Crippen molar-refractivity contribution in [1.82, 2.24) is 0 Å². The van der Waals surface area contributed by atoms with Crippen LogP contribution in [0, 0.1) is 0 Å². The third kappa shape index (κ3) is 2.36. The number of hydrogen-bond donors (Lipinski definition) is 0. The van der Waals surface area contributed by atoms with Gasteiger partial charge in [0, 0.05) is 10.1 Å². The van der Waals surface area contributed by atoms with Crippen LogP contribution in [0.4, 0.5) is 0 Å². The van der Waals surface area contributed by atoms with Crippen LogP contribution in [0.2, 0.25) is 0 Å². The Balaban J connectivity index is 1.99. The van der Waals surface area contributed by atoms with Crippen molar-refractivity contribution in [2.75, 3.05) is 0 Å². The van der Waals surface area contributed by atoms with Gasteiger partial charge in [0.2, 0.25) is 0 Å². The number of halogens is 1. The van der Waals surface area contributed by atoms with Gasteiger partial charge in [0.1, 0.15) is 0 Å². The first-order valence-corrected chi connectivity index (χ1v) is 7.76. The van der Waals surface area contributed by atoms with Gasteiger partial charge in [-0.3, -0.25) is 0 Å². The Kier molecular flexibility index (Phi) is 3.39. The van der Waals surface area contributed by atoms with E-state index < -0.39 is 0 Å². The van der Waals surface area contributed by atoms with E-state index in [0.717, 1.165) is 6.42 Å². The van der Waals surface area contributed by atoms with Crippen molar-refractivity contribution in [2.45, 2.75) is 43.4 Å². The van der Waals surface area contributed by atoms with Crippen molar-refractivity contribution in [3.63, 3.8) is 0 Å². The highest BCUT2D eigenvalue weighted by molar-refractivity contribution is 7.17. The molecule has 1 aromatic heterocycles. The zero-order valence-electron chi connectivity index (χ0n) is 9.86. The number of thiophene rings is 1. The van der Waals surface area contributed by atoms with Crippen LogP contribution in [0.25, 0.3) is 10.1 Å². The van der Waals surface area contributed by atoms with Gasteiger partial charge in [-0.1, -0.05) is 31.0 Å². The Morgan fingerprint density at radius 1 is 1.12 bits per heavy atom. The quantitative estimate of drug-likeness (QED) is 0.467.